The Morgan fingerprint density at radius 1 is 1.03 bits per heavy atom. The maximum atomic E-state index is 12.8. The highest BCUT2D eigenvalue weighted by Crippen LogP contribution is 2.21. The van der Waals surface area contributed by atoms with Gasteiger partial charge >= 0.3 is 5.97 Å². The molecule has 7 heteroatoms. The molecule has 0 unspecified atom stereocenters. The van der Waals surface area contributed by atoms with E-state index in [2.05, 4.69) is 27.1 Å². The zero-order valence-corrected chi connectivity index (χ0v) is 18.2. The molecule has 0 fully saturated rings. The highest BCUT2D eigenvalue weighted by Gasteiger charge is 2.18. The normalized spacial score (nSPS) is 10.7. The minimum absolute atomic E-state index is 0.256. The predicted molar refractivity (Wildman–Crippen MR) is 122 cm³/mol. The number of amides is 1. The van der Waals surface area contributed by atoms with E-state index in [9.17, 15) is 9.59 Å². The first kappa shape index (κ1) is 21.1. The fraction of sp³-hybridized carbons (Fsp3) is 0.160. The summed E-state index contributed by atoms with van der Waals surface area (Å²) in [6, 6.07) is 18.6. The van der Waals surface area contributed by atoms with Crippen LogP contribution in [0.25, 0.3) is 0 Å². The van der Waals surface area contributed by atoms with Gasteiger partial charge in [-0.05, 0) is 49.7 Å². The van der Waals surface area contributed by atoms with Crippen molar-refractivity contribution in [3.05, 3.63) is 101 Å². The lowest BCUT2D eigenvalue weighted by molar-refractivity contribution is 0.0733. The minimum Gasteiger partial charge on any atom is -0.423 e. The quantitative estimate of drug-likeness (QED) is 0.366. The van der Waals surface area contributed by atoms with E-state index >= 15 is 0 Å². The number of hydrogen-bond acceptors (Lipinski definition) is 4. The van der Waals surface area contributed by atoms with E-state index < -0.39 is 5.97 Å². The summed E-state index contributed by atoms with van der Waals surface area (Å²) in [7, 11) is 1.75. The zero-order chi connectivity index (χ0) is 22.7. The summed E-state index contributed by atoms with van der Waals surface area (Å²) < 4.78 is 9.23. The molecule has 7 nitrogen and oxygen atoms in total. The highest BCUT2D eigenvalue weighted by atomic mass is 16.5. The van der Waals surface area contributed by atoms with Crippen molar-refractivity contribution in [3.63, 3.8) is 0 Å². The number of nitrogens with zero attached hydrogens (tertiary/aromatic N) is 3. The van der Waals surface area contributed by atoms with Gasteiger partial charge in [0.2, 0.25) is 0 Å². The Kier molecular flexibility index (Phi) is 5.89. The van der Waals surface area contributed by atoms with E-state index in [-0.39, 0.29) is 5.91 Å². The Bertz CT molecular complexity index is 1250. The molecule has 4 aromatic rings. The third kappa shape index (κ3) is 4.62. The molecule has 0 atom stereocenters. The molecule has 32 heavy (non-hydrogen) atoms. The summed E-state index contributed by atoms with van der Waals surface area (Å²) in [5.41, 5.74) is 4.61. The molecule has 162 valence electrons. The summed E-state index contributed by atoms with van der Waals surface area (Å²) in [4.78, 5) is 25.0. The summed E-state index contributed by atoms with van der Waals surface area (Å²) >= 11 is 0. The Balaban J connectivity index is 1.43. The molecule has 1 N–H and O–H groups in total. The summed E-state index contributed by atoms with van der Waals surface area (Å²) in [6.45, 7) is 4.59. The van der Waals surface area contributed by atoms with Gasteiger partial charge in [-0.3, -0.25) is 9.48 Å². The third-order valence-electron chi connectivity index (χ3n) is 5.27. The Hall–Kier alpha value is -4.13. The fourth-order valence-corrected chi connectivity index (χ4v) is 3.53. The van der Waals surface area contributed by atoms with E-state index in [0.717, 1.165) is 17.0 Å². The third-order valence-corrected chi connectivity index (χ3v) is 5.27. The number of carbonyl (C=O) groups excluding carboxylic acids is 2. The number of aromatic nitrogens is 3. The first-order valence-corrected chi connectivity index (χ1v) is 10.2. The van der Waals surface area contributed by atoms with Gasteiger partial charge in [0, 0.05) is 36.9 Å². The summed E-state index contributed by atoms with van der Waals surface area (Å²) in [6.07, 6.45) is 3.14. The van der Waals surface area contributed by atoms with Crippen molar-refractivity contribution in [2.24, 2.45) is 7.05 Å². The average Bonchev–Trinajstić information content (AvgIpc) is 3.34. The average molecular weight is 428 g/mol. The minimum atomic E-state index is -0.412. The number of anilines is 1. The molecule has 0 saturated carbocycles. The van der Waals surface area contributed by atoms with Crippen LogP contribution in [0.4, 0.5) is 5.69 Å². The molecular formula is C25H24N4O3. The molecule has 0 aliphatic heterocycles. The lowest BCUT2D eigenvalue weighted by Crippen LogP contribution is -2.12. The molecule has 2 aromatic carbocycles. The van der Waals surface area contributed by atoms with Crippen LogP contribution in [-0.2, 0) is 13.6 Å². The summed E-state index contributed by atoms with van der Waals surface area (Å²) in [5, 5.41) is 6.78. The molecular weight excluding hydrogens is 404 g/mol. The highest BCUT2D eigenvalue weighted by molar-refractivity contribution is 6.04. The molecule has 2 aromatic heterocycles. The standard InChI is InChI=1S/C25H24N4O3/c1-17-13-23(18(2)29(17)15-19-7-5-4-6-8-19)25(31)32-22-11-9-21(10-12-22)27-24(30)20-14-26-28(3)16-20/h4-14,16H,15H2,1-3H3,(H,27,30). The van der Waals surface area contributed by atoms with Gasteiger partial charge in [0.25, 0.3) is 5.91 Å². The van der Waals surface area contributed by atoms with Crippen LogP contribution >= 0.6 is 0 Å². The van der Waals surface area contributed by atoms with Crippen molar-refractivity contribution in [3.8, 4) is 5.75 Å². The van der Waals surface area contributed by atoms with Crippen molar-refractivity contribution < 1.29 is 14.3 Å². The lowest BCUT2D eigenvalue weighted by Gasteiger charge is -2.10. The first-order chi connectivity index (χ1) is 15.4. The van der Waals surface area contributed by atoms with Gasteiger partial charge in [-0.2, -0.15) is 5.10 Å². The van der Waals surface area contributed by atoms with Crippen LogP contribution in [0.2, 0.25) is 0 Å². The van der Waals surface area contributed by atoms with Crippen molar-refractivity contribution in [2.45, 2.75) is 20.4 Å². The maximum absolute atomic E-state index is 12.8. The van der Waals surface area contributed by atoms with Gasteiger partial charge in [-0.15, -0.1) is 0 Å². The van der Waals surface area contributed by atoms with Crippen LogP contribution in [0.1, 0.15) is 37.7 Å². The number of aryl methyl sites for hydroxylation is 2. The molecule has 2 heterocycles. The SMILES string of the molecule is Cc1cc(C(=O)Oc2ccc(NC(=O)c3cnn(C)c3)cc2)c(C)n1Cc1ccccc1. The van der Waals surface area contributed by atoms with Gasteiger partial charge in [0.1, 0.15) is 5.75 Å². The van der Waals surface area contributed by atoms with Gasteiger partial charge in [0.15, 0.2) is 0 Å². The molecule has 0 saturated heterocycles. The van der Waals surface area contributed by atoms with E-state index in [1.54, 1.807) is 42.2 Å². The van der Waals surface area contributed by atoms with E-state index in [0.29, 0.717) is 29.1 Å². The molecule has 0 aliphatic rings. The Morgan fingerprint density at radius 3 is 2.41 bits per heavy atom. The van der Waals surface area contributed by atoms with Crippen molar-refractivity contribution >= 4 is 17.6 Å². The number of ether oxygens (including phenoxy) is 1. The maximum Gasteiger partial charge on any atom is 0.345 e. The number of carbonyl (C=O) groups is 2. The van der Waals surface area contributed by atoms with E-state index in [4.69, 9.17) is 4.74 Å². The lowest BCUT2D eigenvalue weighted by atomic mass is 10.2. The summed E-state index contributed by atoms with van der Waals surface area (Å²) in [5.74, 6) is -0.263. The monoisotopic (exact) mass is 428 g/mol. The fourth-order valence-electron chi connectivity index (χ4n) is 3.53. The number of nitrogens with one attached hydrogen (secondary N) is 1. The topological polar surface area (TPSA) is 78.2 Å². The van der Waals surface area contributed by atoms with Crippen molar-refractivity contribution in [1.82, 2.24) is 14.3 Å². The molecule has 0 radical (unpaired) electrons. The molecule has 4 rings (SSSR count). The Morgan fingerprint density at radius 2 is 1.75 bits per heavy atom. The van der Waals surface area contributed by atoms with Gasteiger partial charge in [-0.25, -0.2) is 4.79 Å². The molecule has 0 aliphatic carbocycles. The predicted octanol–water partition coefficient (Wildman–Crippen LogP) is 4.36. The first-order valence-electron chi connectivity index (χ1n) is 10.2. The van der Waals surface area contributed by atoms with Crippen LogP contribution in [0, 0.1) is 13.8 Å². The van der Waals surface area contributed by atoms with Crippen molar-refractivity contribution in [2.75, 3.05) is 5.32 Å². The largest absolute Gasteiger partial charge is 0.423 e. The van der Waals surface area contributed by atoms with Crippen LogP contribution in [0.15, 0.2) is 73.1 Å². The second kappa shape index (κ2) is 8.93. The molecule has 0 spiro atoms. The molecule has 0 bridgehead atoms. The number of hydrogen-bond donors (Lipinski definition) is 1. The van der Waals surface area contributed by atoms with E-state index in [1.165, 1.54) is 6.20 Å². The van der Waals surface area contributed by atoms with Crippen LogP contribution < -0.4 is 10.1 Å². The number of benzene rings is 2. The zero-order valence-electron chi connectivity index (χ0n) is 18.2. The second-order valence-corrected chi connectivity index (χ2v) is 7.63. The van der Waals surface area contributed by atoms with E-state index in [1.807, 2.05) is 38.1 Å². The second-order valence-electron chi connectivity index (χ2n) is 7.63. The van der Waals surface area contributed by atoms with Crippen LogP contribution in [-0.4, -0.2) is 26.2 Å². The van der Waals surface area contributed by atoms with Crippen LogP contribution in [0.3, 0.4) is 0 Å². The van der Waals surface area contributed by atoms with Crippen LogP contribution in [0.5, 0.6) is 5.75 Å². The number of rotatable bonds is 6. The van der Waals surface area contributed by atoms with Gasteiger partial charge in [0.05, 0.1) is 17.3 Å². The molecule has 1 amide bonds. The van der Waals surface area contributed by atoms with Gasteiger partial charge in [-0.1, -0.05) is 30.3 Å². The smallest absolute Gasteiger partial charge is 0.345 e. The number of esters is 1. The van der Waals surface area contributed by atoms with Gasteiger partial charge < -0.3 is 14.6 Å². The Labute approximate surface area is 186 Å². The van der Waals surface area contributed by atoms with Crippen molar-refractivity contribution in [1.29, 1.82) is 0 Å².